The minimum Gasteiger partial charge on any atom is -0.448 e. The van der Waals surface area contributed by atoms with Gasteiger partial charge in [-0.25, -0.2) is 14.3 Å². The van der Waals surface area contributed by atoms with Crippen molar-refractivity contribution in [2.75, 3.05) is 0 Å². The first-order chi connectivity index (χ1) is 14.7. The third kappa shape index (κ3) is 4.23. The van der Waals surface area contributed by atoms with Crippen molar-refractivity contribution < 1.29 is 14.1 Å². The molecule has 0 amide bonds. The van der Waals surface area contributed by atoms with Gasteiger partial charge in [0.25, 0.3) is 5.56 Å². The molecule has 9 nitrogen and oxygen atoms in total. The van der Waals surface area contributed by atoms with Crippen LogP contribution in [-0.2, 0) is 0 Å². The lowest BCUT2D eigenvalue weighted by atomic mass is 9.95. The molecular formula is C21H14FN5O4. The Hall–Kier alpha value is -4.57. The van der Waals surface area contributed by atoms with Gasteiger partial charge in [-0.1, -0.05) is 6.92 Å². The van der Waals surface area contributed by atoms with Gasteiger partial charge in [0.1, 0.15) is 5.75 Å². The molecule has 1 atom stereocenters. The van der Waals surface area contributed by atoms with E-state index in [4.69, 9.17) is 16.6 Å². The monoisotopic (exact) mass is 419 g/mol. The maximum Gasteiger partial charge on any atom is 0.314 e. The molecule has 0 saturated heterocycles. The lowest BCUT2D eigenvalue weighted by Crippen LogP contribution is -2.15. The summed E-state index contributed by atoms with van der Waals surface area (Å²) in [7, 11) is 0. The lowest BCUT2D eigenvalue weighted by Gasteiger charge is -2.15. The average molecular weight is 419 g/mol. The van der Waals surface area contributed by atoms with Gasteiger partial charge < -0.3 is 4.74 Å². The molecule has 0 saturated carbocycles. The summed E-state index contributed by atoms with van der Waals surface area (Å²) < 4.78 is 20.9. The van der Waals surface area contributed by atoms with E-state index in [1.807, 2.05) is 6.07 Å². The van der Waals surface area contributed by atoms with Crippen LogP contribution in [-0.4, -0.2) is 15.1 Å². The molecule has 10 heteroatoms. The van der Waals surface area contributed by atoms with Gasteiger partial charge in [-0.15, -0.1) is 0 Å². The molecular weight excluding hydrogens is 405 g/mol. The number of ether oxygens (including phenoxy) is 1. The minimum atomic E-state index is -0.987. The summed E-state index contributed by atoms with van der Waals surface area (Å²) in [5.41, 5.74) is -0.0453. The highest BCUT2D eigenvalue weighted by atomic mass is 19.1. The second-order valence-corrected chi connectivity index (χ2v) is 6.64. The number of nitro groups is 1. The van der Waals surface area contributed by atoms with Crippen LogP contribution in [0.3, 0.4) is 0 Å². The molecule has 0 aliphatic rings. The Bertz CT molecular complexity index is 1300. The number of H-pyrrole nitrogens is 1. The second kappa shape index (κ2) is 8.43. The molecule has 154 valence electrons. The van der Waals surface area contributed by atoms with Crippen LogP contribution in [0.15, 0.2) is 41.2 Å². The maximum absolute atomic E-state index is 15.4. The molecule has 1 N–H and O–H groups in total. The zero-order chi connectivity index (χ0) is 22.7. The number of aromatic amines is 1. The fourth-order valence-corrected chi connectivity index (χ4v) is 2.93. The zero-order valence-corrected chi connectivity index (χ0v) is 16.3. The molecule has 1 heterocycles. The Morgan fingerprint density at radius 2 is 2.10 bits per heavy atom. The van der Waals surface area contributed by atoms with Gasteiger partial charge >= 0.3 is 5.69 Å². The number of hydrogen-bond donors (Lipinski definition) is 1. The number of nitro benzene ring substituents is 1. The van der Waals surface area contributed by atoms with Gasteiger partial charge in [0.15, 0.2) is 11.5 Å². The van der Waals surface area contributed by atoms with Crippen molar-refractivity contribution in [2.24, 2.45) is 0 Å². The van der Waals surface area contributed by atoms with Crippen molar-refractivity contribution in [1.82, 2.24) is 10.2 Å². The van der Waals surface area contributed by atoms with E-state index in [0.29, 0.717) is 11.3 Å². The summed E-state index contributed by atoms with van der Waals surface area (Å²) in [6, 6.07) is 9.53. The summed E-state index contributed by atoms with van der Waals surface area (Å²) in [4.78, 5) is 25.4. The van der Waals surface area contributed by atoms with Crippen LogP contribution in [0, 0.1) is 40.8 Å². The highest BCUT2D eigenvalue weighted by Gasteiger charge is 2.27. The molecule has 0 radical (unpaired) electrons. The van der Waals surface area contributed by atoms with E-state index in [-0.39, 0.29) is 28.1 Å². The van der Waals surface area contributed by atoms with E-state index in [2.05, 4.69) is 15.0 Å². The van der Waals surface area contributed by atoms with Crippen molar-refractivity contribution >= 4 is 11.4 Å². The SMILES string of the molecule is [C-]#[N+]c1cc(C#N)cc(Oc2c([N+](=O)[O-])ccc(C(C)c3cc(C)c(=O)[nH]n3)c2F)c1. The summed E-state index contributed by atoms with van der Waals surface area (Å²) in [6.07, 6.45) is 0. The van der Waals surface area contributed by atoms with Gasteiger partial charge in [0.05, 0.1) is 23.3 Å². The van der Waals surface area contributed by atoms with Crippen molar-refractivity contribution in [3.8, 4) is 17.6 Å². The molecule has 1 unspecified atom stereocenters. The summed E-state index contributed by atoms with van der Waals surface area (Å²) in [5.74, 6) is -2.39. The van der Waals surface area contributed by atoms with Crippen molar-refractivity contribution in [3.05, 3.63) is 96.5 Å². The van der Waals surface area contributed by atoms with Crippen LogP contribution < -0.4 is 10.3 Å². The van der Waals surface area contributed by atoms with Gasteiger partial charge in [0.2, 0.25) is 5.75 Å². The number of aryl methyl sites for hydroxylation is 1. The summed E-state index contributed by atoms with van der Waals surface area (Å²) in [5, 5.41) is 26.8. The van der Waals surface area contributed by atoms with E-state index >= 15 is 4.39 Å². The minimum absolute atomic E-state index is 0.0568. The van der Waals surface area contributed by atoms with Gasteiger partial charge in [-0.2, -0.15) is 10.4 Å². The maximum atomic E-state index is 15.4. The number of nitrogens with one attached hydrogen (secondary N) is 1. The molecule has 31 heavy (non-hydrogen) atoms. The molecule has 3 aromatic rings. The fourth-order valence-electron chi connectivity index (χ4n) is 2.93. The lowest BCUT2D eigenvalue weighted by molar-refractivity contribution is -0.385. The number of aromatic nitrogens is 2. The quantitative estimate of drug-likeness (QED) is 0.369. The first kappa shape index (κ1) is 21.1. The van der Waals surface area contributed by atoms with E-state index < -0.39 is 28.1 Å². The van der Waals surface area contributed by atoms with Crippen LogP contribution in [0.4, 0.5) is 15.8 Å². The zero-order valence-electron chi connectivity index (χ0n) is 16.3. The highest BCUT2D eigenvalue weighted by Crippen LogP contribution is 2.40. The molecule has 0 aliphatic heterocycles. The van der Waals surface area contributed by atoms with Gasteiger partial charge in [0, 0.05) is 28.7 Å². The number of hydrogen-bond acceptors (Lipinski definition) is 6. The van der Waals surface area contributed by atoms with E-state index in [1.165, 1.54) is 30.3 Å². The third-order valence-corrected chi connectivity index (χ3v) is 4.59. The Labute approximate surface area is 175 Å². The summed E-state index contributed by atoms with van der Waals surface area (Å²) in [6.45, 7) is 10.3. The molecule has 3 rings (SSSR count). The second-order valence-electron chi connectivity index (χ2n) is 6.64. The van der Waals surface area contributed by atoms with E-state index in [1.54, 1.807) is 13.8 Å². The molecule has 0 spiro atoms. The Kier molecular flexibility index (Phi) is 5.75. The number of benzene rings is 2. The van der Waals surface area contributed by atoms with Crippen molar-refractivity contribution in [2.45, 2.75) is 19.8 Å². The molecule has 1 aromatic heterocycles. The first-order valence-corrected chi connectivity index (χ1v) is 8.88. The number of nitrogens with zero attached hydrogens (tertiary/aromatic N) is 4. The van der Waals surface area contributed by atoms with Crippen LogP contribution in [0.1, 0.15) is 35.2 Å². The number of halogens is 1. The Morgan fingerprint density at radius 3 is 2.71 bits per heavy atom. The van der Waals surface area contributed by atoms with Crippen LogP contribution in [0.25, 0.3) is 4.85 Å². The predicted octanol–water partition coefficient (Wildman–Crippen LogP) is 4.49. The predicted molar refractivity (Wildman–Crippen MR) is 108 cm³/mol. The van der Waals surface area contributed by atoms with Crippen molar-refractivity contribution in [3.63, 3.8) is 0 Å². The molecule has 0 fully saturated rings. The molecule has 0 aliphatic carbocycles. The smallest absolute Gasteiger partial charge is 0.314 e. The van der Waals surface area contributed by atoms with Crippen LogP contribution >= 0.6 is 0 Å². The topological polar surface area (TPSA) is 126 Å². The fraction of sp³-hybridized carbons (Fsp3) is 0.143. The first-order valence-electron chi connectivity index (χ1n) is 8.88. The molecule has 0 bridgehead atoms. The normalized spacial score (nSPS) is 11.3. The third-order valence-electron chi connectivity index (χ3n) is 4.59. The standard InChI is InChI=1S/C21H14FN5O4/c1-11-6-17(25-26-21(11)28)12(2)16-4-5-18(27(29)30)20(19(16)22)31-15-8-13(10-23)7-14(9-15)24-3/h4-9,12H,1-2H3,(H,26,28). The number of rotatable bonds is 5. The average Bonchev–Trinajstić information content (AvgIpc) is 2.75. The molecule has 2 aromatic carbocycles. The largest absolute Gasteiger partial charge is 0.448 e. The van der Waals surface area contributed by atoms with Gasteiger partial charge in [-0.3, -0.25) is 14.9 Å². The Balaban J connectivity index is 2.13. The van der Waals surface area contributed by atoms with Crippen LogP contribution in [0.2, 0.25) is 0 Å². The van der Waals surface area contributed by atoms with E-state index in [0.717, 1.165) is 6.07 Å². The van der Waals surface area contributed by atoms with Gasteiger partial charge in [-0.05, 0) is 37.3 Å². The van der Waals surface area contributed by atoms with E-state index in [9.17, 15) is 14.9 Å². The van der Waals surface area contributed by atoms with Crippen LogP contribution in [0.5, 0.6) is 11.5 Å². The summed E-state index contributed by atoms with van der Waals surface area (Å²) >= 11 is 0. The highest BCUT2D eigenvalue weighted by molar-refractivity contribution is 5.58. The van der Waals surface area contributed by atoms with Crippen molar-refractivity contribution in [1.29, 1.82) is 5.26 Å². The number of nitriles is 1. The Morgan fingerprint density at radius 1 is 1.35 bits per heavy atom.